The number of aliphatic hydroxyl groups excluding tert-OH is 2. The first-order chi connectivity index (χ1) is 16.6. The lowest BCUT2D eigenvalue weighted by Gasteiger charge is -2.52. The van der Waals surface area contributed by atoms with Crippen LogP contribution in [0.25, 0.3) is 5.76 Å². The van der Waals surface area contributed by atoms with Crippen LogP contribution in [-0.4, -0.2) is 80.7 Å². The lowest BCUT2D eigenvalue weighted by Crippen LogP contribution is -2.67. The number of nitrogens with zero attached hydrogens (tertiary/aromatic N) is 1. The second-order valence-electron chi connectivity index (χ2n) is 9.78. The zero-order valence-corrected chi connectivity index (χ0v) is 19.2. The van der Waals surface area contributed by atoms with Gasteiger partial charge in [-0.3, -0.25) is 19.3 Å². The first-order valence-electron chi connectivity index (χ1n) is 11.7. The number of piperidine rings is 1. The summed E-state index contributed by atoms with van der Waals surface area (Å²) >= 11 is 0. The first-order valence-corrected chi connectivity index (χ1v) is 11.7. The van der Waals surface area contributed by atoms with Gasteiger partial charge in [-0.25, -0.2) is 0 Å². The van der Waals surface area contributed by atoms with Gasteiger partial charge in [0.05, 0.1) is 17.7 Å². The number of aromatic hydroxyl groups is 1. The van der Waals surface area contributed by atoms with Gasteiger partial charge in [0.1, 0.15) is 22.8 Å². The number of Topliss-reactive ketones (excluding diaryl/α,β-unsaturated/α-hetero) is 2. The molecule has 1 aromatic carbocycles. The van der Waals surface area contributed by atoms with Gasteiger partial charge >= 0.3 is 0 Å². The molecule has 4 aliphatic rings. The highest BCUT2D eigenvalue weighted by atomic mass is 16.5. The van der Waals surface area contributed by atoms with Crippen molar-refractivity contribution in [1.29, 1.82) is 0 Å². The predicted molar refractivity (Wildman–Crippen MR) is 122 cm³/mol. The van der Waals surface area contributed by atoms with E-state index in [0.29, 0.717) is 37.9 Å². The first kappa shape index (κ1) is 23.5. The molecule has 1 aromatic rings. The fourth-order valence-electron chi connectivity index (χ4n) is 6.40. The van der Waals surface area contributed by atoms with Crippen LogP contribution < -0.4 is 5.73 Å². The largest absolute Gasteiger partial charge is 0.508 e. The fourth-order valence-corrected chi connectivity index (χ4v) is 6.40. The van der Waals surface area contributed by atoms with Gasteiger partial charge in [0.2, 0.25) is 5.78 Å². The summed E-state index contributed by atoms with van der Waals surface area (Å²) in [5.74, 6) is -6.35. The number of ketones is 2. The van der Waals surface area contributed by atoms with Crippen molar-refractivity contribution in [2.45, 2.75) is 43.4 Å². The molecule has 10 heteroatoms. The molecule has 6 N–H and O–H groups in total. The van der Waals surface area contributed by atoms with E-state index in [-0.39, 0.29) is 29.4 Å². The predicted octanol–water partition coefficient (Wildman–Crippen LogP) is 0.513. The third-order valence-corrected chi connectivity index (χ3v) is 8.10. The Bertz CT molecular complexity index is 1200. The van der Waals surface area contributed by atoms with Crippen molar-refractivity contribution in [3.05, 3.63) is 46.2 Å². The van der Waals surface area contributed by atoms with Gasteiger partial charge in [0, 0.05) is 31.7 Å². The van der Waals surface area contributed by atoms with E-state index >= 15 is 0 Å². The molecule has 1 aliphatic heterocycles. The molecule has 0 unspecified atom stereocenters. The second kappa shape index (κ2) is 8.18. The number of carbonyl (C=O) groups excluding carboxylic acids is 3. The van der Waals surface area contributed by atoms with Crippen molar-refractivity contribution in [1.82, 2.24) is 4.90 Å². The van der Waals surface area contributed by atoms with E-state index < -0.39 is 58.0 Å². The van der Waals surface area contributed by atoms with Crippen LogP contribution >= 0.6 is 0 Å². The monoisotopic (exact) mass is 484 g/mol. The van der Waals surface area contributed by atoms with Crippen LogP contribution in [-0.2, 0) is 25.5 Å². The maximum Gasteiger partial charge on any atom is 0.255 e. The molecule has 3 aliphatic carbocycles. The van der Waals surface area contributed by atoms with Crippen LogP contribution in [0.15, 0.2) is 35.1 Å². The smallest absolute Gasteiger partial charge is 0.255 e. The highest BCUT2D eigenvalue weighted by Gasteiger charge is 2.64. The number of nitrogens with two attached hydrogens (primary N) is 1. The Morgan fingerprint density at radius 1 is 1.17 bits per heavy atom. The van der Waals surface area contributed by atoms with E-state index in [2.05, 4.69) is 0 Å². The van der Waals surface area contributed by atoms with E-state index in [1.807, 2.05) is 4.90 Å². The van der Waals surface area contributed by atoms with Crippen LogP contribution in [0.5, 0.6) is 5.75 Å². The molecule has 0 spiro atoms. The Kier molecular flexibility index (Phi) is 5.50. The lowest BCUT2D eigenvalue weighted by atomic mass is 9.57. The number of primary amides is 1. The SMILES string of the molecule is COC1CCN([C@H]2C(=O)C(C(N)=O)=C(O)[C@@]3(O)C(=O)C4=C(O)c5c(O)cccc5C[C@H]4C[C@@H]23)CC1. The van der Waals surface area contributed by atoms with E-state index in [1.165, 1.54) is 6.07 Å². The standard InChI is InChI=1S/C25H28N2O8/c1-35-13-5-7-27(8-6-13)19-14-10-12-9-11-3-2-4-15(28)16(11)20(29)17(12)22(31)25(14,34)23(32)18(21(19)30)24(26)33/h2-4,12-14,19,28-29,32,34H,5-10H2,1H3,(H2,26,33)/t12-,14-,19+,25-/m0/s1. The minimum absolute atomic E-state index is 0.00498. The van der Waals surface area contributed by atoms with Gasteiger partial charge in [-0.05, 0) is 43.2 Å². The van der Waals surface area contributed by atoms with E-state index in [1.54, 1.807) is 19.2 Å². The third kappa shape index (κ3) is 3.24. The van der Waals surface area contributed by atoms with Crippen molar-refractivity contribution < 1.29 is 39.5 Å². The number of hydrogen-bond acceptors (Lipinski definition) is 9. The summed E-state index contributed by atoms with van der Waals surface area (Å²) in [6.45, 7) is 0.857. The van der Waals surface area contributed by atoms with Gasteiger partial charge < -0.3 is 30.9 Å². The summed E-state index contributed by atoms with van der Waals surface area (Å²) in [6.07, 6.45) is 1.62. The van der Waals surface area contributed by atoms with Crippen LogP contribution in [0.3, 0.4) is 0 Å². The Morgan fingerprint density at radius 3 is 2.49 bits per heavy atom. The van der Waals surface area contributed by atoms with Gasteiger partial charge in [0.25, 0.3) is 5.91 Å². The quantitative estimate of drug-likeness (QED) is 0.384. The molecule has 10 nitrogen and oxygen atoms in total. The number of phenols is 1. The van der Waals surface area contributed by atoms with E-state index in [9.17, 15) is 34.8 Å². The molecule has 1 saturated heterocycles. The third-order valence-electron chi connectivity index (χ3n) is 8.10. The van der Waals surface area contributed by atoms with Gasteiger partial charge in [-0.1, -0.05) is 12.1 Å². The summed E-state index contributed by atoms with van der Waals surface area (Å²) in [5.41, 5.74) is 2.59. The molecule has 1 saturated carbocycles. The van der Waals surface area contributed by atoms with Crippen molar-refractivity contribution in [3.63, 3.8) is 0 Å². The number of carbonyl (C=O) groups is 3. The minimum atomic E-state index is -2.62. The van der Waals surface area contributed by atoms with Crippen LogP contribution in [0.1, 0.15) is 30.4 Å². The van der Waals surface area contributed by atoms with E-state index in [4.69, 9.17) is 10.5 Å². The number of amides is 1. The summed E-state index contributed by atoms with van der Waals surface area (Å²) < 4.78 is 5.41. The Hall–Kier alpha value is -3.21. The molecular weight excluding hydrogens is 456 g/mol. The van der Waals surface area contributed by atoms with Gasteiger partial charge in [-0.2, -0.15) is 0 Å². The van der Waals surface area contributed by atoms with Gasteiger partial charge in [-0.15, -0.1) is 0 Å². The van der Waals surface area contributed by atoms with Crippen LogP contribution in [0.4, 0.5) is 0 Å². The molecular formula is C25H28N2O8. The molecule has 0 aromatic heterocycles. The summed E-state index contributed by atoms with van der Waals surface area (Å²) in [4.78, 5) is 41.3. The zero-order valence-electron chi connectivity index (χ0n) is 19.2. The average molecular weight is 485 g/mol. The minimum Gasteiger partial charge on any atom is -0.508 e. The average Bonchev–Trinajstić information content (AvgIpc) is 2.81. The maximum absolute atomic E-state index is 13.8. The normalized spacial score (nSPS) is 31.8. The topological polar surface area (TPSA) is 171 Å². The van der Waals surface area contributed by atoms with Crippen LogP contribution in [0.2, 0.25) is 0 Å². The number of aliphatic hydroxyl groups is 3. The molecule has 5 rings (SSSR count). The highest BCUT2D eigenvalue weighted by Crippen LogP contribution is 2.52. The number of phenolic OH excluding ortho intramolecular Hbond substituents is 1. The maximum atomic E-state index is 13.8. The van der Waals surface area contributed by atoms with Crippen molar-refractivity contribution in [3.8, 4) is 5.75 Å². The fraction of sp³-hybridized carbons (Fsp3) is 0.480. The van der Waals surface area contributed by atoms with Crippen LogP contribution in [0, 0.1) is 11.8 Å². The molecule has 186 valence electrons. The number of fused-ring (bicyclic) bond motifs is 3. The molecule has 0 bridgehead atoms. The number of hydrogen-bond donors (Lipinski definition) is 5. The molecule has 1 heterocycles. The Labute approximate surface area is 201 Å². The number of benzene rings is 1. The Balaban J connectivity index is 1.66. The lowest BCUT2D eigenvalue weighted by molar-refractivity contribution is -0.156. The van der Waals surface area contributed by atoms with E-state index in [0.717, 1.165) is 0 Å². The molecule has 35 heavy (non-hydrogen) atoms. The number of ether oxygens (including phenoxy) is 1. The summed E-state index contributed by atoms with van der Waals surface area (Å²) in [6, 6.07) is 3.68. The van der Waals surface area contributed by atoms with Crippen molar-refractivity contribution in [2.75, 3.05) is 20.2 Å². The van der Waals surface area contributed by atoms with Crippen molar-refractivity contribution in [2.24, 2.45) is 17.6 Å². The number of methoxy groups -OCH3 is 1. The Morgan fingerprint density at radius 2 is 1.86 bits per heavy atom. The molecule has 0 radical (unpaired) electrons. The zero-order chi connectivity index (χ0) is 25.2. The number of rotatable bonds is 3. The second-order valence-corrected chi connectivity index (χ2v) is 9.78. The molecule has 2 fully saturated rings. The van der Waals surface area contributed by atoms with Gasteiger partial charge in [0.15, 0.2) is 11.4 Å². The molecule has 4 atom stereocenters. The summed E-state index contributed by atoms with van der Waals surface area (Å²) in [5, 5.41) is 44.0. The van der Waals surface area contributed by atoms with Crippen molar-refractivity contribution >= 4 is 23.2 Å². The highest BCUT2D eigenvalue weighted by molar-refractivity contribution is 6.24. The molecule has 1 amide bonds. The summed E-state index contributed by atoms with van der Waals surface area (Å²) in [7, 11) is 1.61. The number of likely N-dealkylation sites (tertiary alicyclic amines) is 1.